The van der Waals surface area contributed by atoms with Crippen LogP contribution in [0.1, 0.15) is 13.8 Å². The smallest absolute Gasteiger partial charge is 0.319 e. The zero-order valence-electron chi connectivity index (χ0n) is 11.1. The first-order valence-corrected chi connectivity index (χ1v) is 6.76. The zero-order chi connectivity index (χ0) is 15.3. The summed E-state index contributed by atoms with van der Waals surface area (Å²) in [7, 11) is 0. The van der Waals surface area contributed by atoms with Crippen LogP contribution in [-0.4, -0.2) is 28.7 Å². The normalized spacial score (nSPS) is 13.4. The van der Waals surface area contributed by atoms with Gasteiger partial charge in [-0.3, -0.25) is 10.1 Å². The number of carbonyl (C=O) groups is 1. The summed E-state index contributed by atoms with van der Waals surface area (Å²) >= 11 is 3.07. The number of halogens is 1. The van der Waals surface area contributed by atoms with Crippen molar-refractivity contribution in [1.29, 1.82) is 0 Å². The molecule has 2 unspecified atom stereocenters. The maximum atomic E-state index is 11.7. The van der Waals surface area contributed by atoms with E-state index in [1.54, 1.807) is 19.9 Å². The Bertz CT molecular complexity index is 509. The molecule has 0 bridgehead atoms. The molecule has 0 heterocycles. The van der Waals surface area contributed by atoms with Crippen LogP contribution in [0.3, 0.4) is 0 Å². The summed E-state index contributed by atoms with van der Waals surface area (Å²) in [6.45, 7) is 3.53. The molecule has 1 aromatic rings. The molecule has 0 aliphatic carbocycles. The fourth-order valence-electron chi connectivity index (χ4n) is 1.40. The summed E-state index contributed by atoms with van der Waals surface area (Å²) < 4.78 is 0.343. The second kappa shape index (κ2) is 7.20. The number of carbonyl (C=O) groups excluding carboxylic acids is 1. The van der Waals surface area contributed by atoms with Crippen molar-refractivity contribution in [1.82, 2.24) is 5.32 Å². The molecule has 2 amide bonds. The summed E-state index contributed by atoms with van der Waals surface area (Å²) in [4.78, 5) is 22.0. The molecule has 0 saturated heterocycles. The van der Waals surface area contributed by atoms with E-state index in [0.29, 0.717) is 10.2 Å². The van der Waals surface area contributed by atoms with Gasteiger partial charge in [-0.1, -0.05) is 6.92 Å². The number of nitro groups is 1. The average Bonchev–Trinajstić information content (AvgIpc) is 2.39. The van der Waals surface area contributed by atoms with Crippen molar-refractivity contribution in [3.8, 4) is 0 Å². The van der Waals surface area contributed by atoms with Gasteiger partial charge in [0.15, 0.2) is 0 Å². The molecule has 0 fully saturated rings. The number of anilines is 1. The molecule has 110 valence electrons. The lowest BCUT2D eigenvalue weighted by Gasteiger charge is -2.19. The van der Waals surface area contributed by atoms with Crippen LogP contribution in [-0.2, 0) is 0 Å². The van der Waals surface area contributed by atoms with Gasteiger partial charge in [0, 0.05) is 24.4 Å². The number of urea groups is 1. The third kappa shape index (κ3) is 4.46. The Morgan fingerprint density at radius 1 is 1.50 bits per heavy atom. The lowest BCUT2D eigenvalue weighted by Crippen LogP contribution is -2.40. The largest absolute Gasteiger partial charge is 0.396 e. The van der Waals surface area contributed by atoms with E-state index in [9.17, 15) is 14.9 Å². The van der Waals surface area contributed by atoms with Crippen molar-refractivity contribution in [2.24, 2.45) is 5.92 Å². The van der Waals surface area contributed by atoms with Crippen molar-refractivity contribution in [2.75, 3.05) is 11.9 Å². The second-order valence-electron chi connectivity index (χ2n) is 4.47. The Hall–Kier alpha value is -1.67. The van der Waals surface area contributed by atoms with E-state index >= 15 is 0 Å². The number of nitro benzene ring substituents is 1. The highest BCUT2D eigenvalue weighted by atomic mass is 79.9. The van der Waals surface area contributed by atoms with E-state index in [1.807, 2.05) is 0 Å². The van der Waals surface area contributed by atoms with Gasteiger partial charge in [-0.25, -0.2) is 4.79 Å². The first kappa shape index (κ1) is 16.4. The van der Waals surface area contributed by atoms with E-state index in [4.69, 9.17) is 5.11 Å². The van der Waals surface area contributed by atoms with E-state index in [1.165, 1.54) is 12.1 Å². The monoisotopic (exact) mass is 345 g/mol. The minimum absolute atomic E-state index is 0.0365. The summed E-state index contributed by atoms with van der Waals surface area (Å²) in [5.41, 5.74) is 0.195. The Balaban J connectivity index is 2.71. The number of rotatable bonds is 5. The number of hydrogen-bond donors (Lipinski definition) is 3. The molecule has 1 rings (SSSR count). The molecular formula is C12H16BrN3O4. The van der Waals surface area contributed by atoms with Crippen LogP contribution in [0, 0.1) is 16.0 Å². The summed E-state index contributed by atoms with van der Waals surface area (Å²) in [6.07, 6.45) is 0. The minimum atomic E-state index is -0.538. The maximum absolute atomic E-state index is 11.7. The molecule has 8 heteroatoms. The van der Waals surface area contributed by atoms with Gasteiger partial charge in [0.1, 0.15) is 0 Å². The van der Waals surface area contributed by atoms with Gasteiger partial charge in [0.2, 0.25) is 0 Å². The van der Waals surface area contributed by atoms with Gasteiger partial charge in [-0.15, -0.1) is 0 Å². The van der Waals surface area contributed by atoms with E-state index in [0.717, 1.165) is 0 Å². The first-order valence-electron chi connectivity index (χ1n) is 5.97. The topological polar surface area (TPSA) is 104 Å². The van der Waals surface area contributed by atoms with Crippen LogP contribution in [0.4, 0.5) is 16.2 Å². The number of amides is 2. The van der Waals surface area contributed by atoms with Crippen molar-refractivity contribution in [3.63, 3.8) is 0 Å². The van der Waals surface area contributed by atoms with Crippen LogP contribution < -0.4 is 10.6 Å². The molecule has 0 aromatic heterocycles. The second-order valence-corrected chi connectivity index (χ2v) is 5.32. The van der Waals surface area contributed by atoms with Gasteiger partial charge >= 0.3 is 6.03 Å². The molecule has 3 N–H and O–H groups in total. The molecule has 1 aromatic carbocycles. The molecule has 20 heavy (non-hydrogen) atoms. The van der Waals surface area contributed by atoms with Crippen molar-refractivity contribution in [3.05, 3.63) is 32.8 Å². The zero-order valence-corrected chi connectivity index (χ0v) is 12.7. The quantitative estimate of drug-likeness (QED) is 0.563. The molecule has 7 nitrogen and oxygen atoms in total. The summed E-state index contributed by atoms with van der Waals surface area (Å²) in [5.74, 6) is -0.0833. The van der Waals surface area contributed by atoms with Crippen molar-refractivity contribution in [2.45, 2.75) is 19.9 Å². The van der Waals surface area contributed by atoms with Gasteiger partial charge in [0.05, 0.1) is 9.40 Å². The fraction of sp³-hybridized carbons (Fsp3) is 0.417. The average molecular weight is 346 g/mol. The summed E-state index contributed by atoms with van der Waals surface area (Å²) in [5, 5.41) is 24.9. The van der Waals surface area contributed by atoms with Crippen LogP contribution in [0.2, 0.25) is 0 Å². The Labute approximate surface area is 124 Å². The highest BCUT2D eigenvalue weighted by Crippen LogP contribution is 2.27. The predicted molar refractivity (Wildman–Crippen MR) is 78.7 cm³/mol. The van der Waals surface area contributed by atoms with E-state index in [2.05, 4.69) is 26.6 Å². The Kier molecular flexibility index (Phi) is 5.90. The van der Waals surface area contributed by atoms with E-state index in [-0.39, 0.29) is 24.3 Å². The van der Waals surface area contributed by atoms with Gasteiger partial charge in [-0.2, -0.15) is 0 Å². The number of aliphatic hydroxyl groups excluding tert-OH is 1. The highest BCUT2D eigenvalue weighted by molar-refractivity contribution is 9.10. The molecule has 0 saturated carbocycles. The fourth-order valence-corrected chi connectivity index (χ4v) is 1.80. The molecule has 2 atom stereocenters. The van der Waals surface area contributed by atoms with Gasteiger partial charge < -0.3 is 15.7 Å². The van der Waals surface area contributed by atoms with Gasteiger partial charge in [0.25, 0.3) is 5.69 Å². The highest BCUT2D eigenvalue weighted by Gasteiger charge is 2.16. The predicted octanol–water partition coefficient (Wildman–Crippen LogP) is 2.50. The number of benzene rings is 1. The maximum Gasteiger partial charge on any atom is 0.319 e. The van der Waals surface area contributed by atoms with Crippen LogP contribution in [0.15, 0.2) is 22.7 Å². The Morgan fingerprint density at radius 2 is 2.15 bits per heavy atom. The number of hydrogen-bond acceptors (Lipinski definition) is 4. The number of nitrogens with one attached hydrogen (secondary N) is 2. The van der Waals surface area contributed by atoms with Crippen LogP contribution in [0.25, 0.3) is 0 Å². The Morgan fingerprint density at radius 3 is 2.70 bits per heavy atom. The molecule has 0 aliphatic heterocycles. The van der Waals surface area contributed by atoms with Crippen molar-refractivity contribution < 1.29 is 14.8 Å². The van der Waals surface area contributed by atoms with Crippen LogP contribution in [0.5, 0.6) is 0 Å². The van der Waals surface area contributed by atoms with Gasteiger partial charge in [-0.05, 0) is 40.9 Å². The third-order valence-electron chi connectivity index (χ3n) is 2.90. The third-order valence-corrected chi connectivity index (χ3v) is 3.57. The molecule has 0 radical (unpaired) electrons. The SMILES string of the molecule is CC(CO)C(C)NC(=O)Nc1ccc(Br)c([N+](=O)[O-])c1. The molecule has 0 spiro atoms. The molecule has 0 aliphatic rings. The number of nitrogens with zero attached hydrogens (tertiary/aromatic N) is 1. The first-order chi connectivity index (χ1) is 9.35. The lowest BCUT2D eigenvalue weighted by atomic mass is 10.1. The molecular weight excluding hydrogens is 330 g/mol. The summed E-state index contributed by atoms with van der Waals surface area (Å²) in [6, 6.07) is 3.62. The standard InChI is InChI=1S/C12H16BrN3O4/c1-7(6-17)8(2)14-12(18)15-9-3-4-10(13)11(5-9)16(19)20/h3-5,7-8,17H,6H2,1-2H3,(H2,14,15,18). The van der Waals surface area contributed by atoms with E-state index < -0.39 is 11.0 Å². The number of aliphatic hydroxyl groups is 1. The van der Waals surface area contributed by atoms with Crippen LogP contribution >= 0.6 is 15.9 Å². The lowest BCUT2D eigenvalue weighted by molar-refractivity contribution is -0.385. The minimum Gasteiger partial charge on any atom is -0.396 e. The van der Waals surface area contributed by atoms with Crippen molar-refractivity contribution >= 4 is 33.3 Å².